The van der Waals surface area contributed by atoms with E-state index in [9.17, 15) is 0 Å². The summed E-state index contributed by atoms with van der Waals surface area (Å²) in [7, 11) is 0. The number of benzene rings is 1. The Balaban J connectivity index is 2.27. The molecule has 0 atom stereocenters. The minimum absolute atomic E-state index is 0.129. The number of nitrogens with one attached hydrogen (secondary N) is 1. The molecule has 0 radical (unpaired) electrons. The van der Waals surface area contributed by atoms with Gasteiger partial charge in [0.15, 0.2) is 0 Å². The van der Waals surface area contributed by atoms with Crippen LogP contribution in [0.15, 0.2) is 31.0 Å². The maximum absolute atomic E-state index is 7.78. The van der Waals surface area contributed by atoms with Crippen LogP contribution in [0.5, 0.6) is 0 Å². The SMILES string of the molecule is C=C(CC)c1cc(C(=N)N)c2ccn(C3CC3)c2c1. The molecule has 1 aromatic carbocycles. The van der Waals surface area contributed by atoms with E-state index in [1.165, 1.54) is 18.4 Å². The van der Waals surface area contributed by atoms with Crippen LogP contribution in [0.1, 0.15) is 43.4 Å². The van der Waals surface area contributed by atoms with Crippen LogP contribution in [0, 0.1) is 5.41 Å². The van der Waals surface area contributed by atoms with E-state index in [1.807, 2.05) is 6.07 Å². The molecule has 0 amide bonds. The molecule has 0 spiro atoms. The minimum atomic E-state index is 0.129. The molecule has 1 aromatic heterocycles. The second kappa shape index (κ2) is 4.26. The van der Waals surface area contributed by atoms with Gasteiger partial charge < -0.3 is 10.3 Å². The van der Waals surface area contributed by atoms with E-state index in [4.69, 9.17) is 11.1 Å². The summed E-state index contributed by atoms with van der Waals surface area (Å²) in [6.45, 7) is 6.20. The summed E-state index contributed by atoms with van der Waals surface area (Å²) in [5.74, 6) is 0.129. The number of aromatic nitrogens is 1. The van der Waals surface area contributed by atoms with Crippen molar-refractivity contribution in [3.05, 3.63) is 42.1 Å². The van der Waals surface area contributed by atoms with Crippen molar-refractivity contribution in [1.82, 2.24) is 4.57 Å². The molecule has 0 aliphatic heterocycles. The first kappa shape index (κ1) is 12.0. The largest absolute Gasteiger partial charge is 0.384 e. The molecular formula is C16H19N3. The molecule has 3 nitrogen and oxygen atoms in total. The summed E-state index contributed by atoms with van der Waals surface area (Å²) >= 11 is 0. The number of nitrogens with two attached hydrogens (primary N) is 1. The van der Waals surface area contributed by atoms with Crippen molar-refractivity contribution < 1.29 is 0 Å². The van der Waals surface area contributed by atoms with Gasteiger partial charge in [-0.05, 0) is 48.6 Å². The van der Waals surface area contributed by atoms with Crippen LogP contribution in [-0.2, 0) is 0 Å². The zero-order valence-electron chi connectivity index (χ0n) is 11.2. The molecule has 19 heavy (non-hydrogen) atoms. The predicted octanol–water partition coefficient (Wildman–Crippen LogP) is 3.68. The molecule has 98 valence electrons. The molecule has 3 N–H and O–H groups in total. The lowest BCUT2D eigenvalue weighted by Crippen LogP contribution is -2.12. The van der Waals surface area contributed by atoms with Crippen LogP contribution >= 0.6 is 0 Å². The Morgan fingerprint density at radius 2 is 2.21 bits per heavy atom. The molecule has 1 aliphatic carbocycles. The highest BCUT2D eigenvalue weighted by Gasteiger charge is 2.25. The fourth-order valence-electron chi connectivity index (χ4n) is 2.56. The van der Waals surface area contributed by atoms with Crippen LogP contribution in [-0.4, -0.2) is 10.4 Å². The van der Waals surface area contributed by atoms with E-state index in [0.29, 0.717) is 6.04 Å². The molecule has 3 rings (SSSR count). The Kier molecular flexibility index (Phi) is 2.70. The van der Waals surface area contributed by atoms with E-state index >= 15 is 0 Å². The lowest BCUT2D eigenvalue weighted by molar-refractivity contribution is 0.776. The van der Waals surface area contributed by atoms with Crippen molar-refractivity contribution in [2.24, 2.45) is 5.73 Å². The number of amidine groups is 1. The number of rotatable bonds is 4. The highest BCUT2D eigenvalue weighted by Crippen LogP contribution is 2.39. The van der Waals surface area contributed by atoms with Gasteiger partial charge in [-0.2, -0.15) is 0 Å². The average molecular weight is 253 g/mol. The molecule has 2 aromatic rings. The van der Waals surface area contributed by atoms with Crippen LogP contribution in [0.25, 0.3) is 16.5 Å². The first-order chi connectivity index (χ1) is 9.11. The van der Waals surface area contributed by atoms with E-state index in [-0.39, 0.29) is 5.84 Å². The third-order valence-electron chi connectivity index (χ3n) is 3.90. The standard InChI is InChI=1S/C16H19N3/c1-3-10(2)11-8-14(16(17)18)13-6-7-19(12-4-5-12)15(13)9-11/h6-9,12H,2-5H2,1H3,(H3,17,18). The van der Waals surface area contributed by atoms with Gasteiger partial charge in [0.05, 0.1) is 0 Å². The van der Waals surface area contributed by atoms with Gasteiger partial charge in [-0.3, -0.25) is 5.41 Å². The summed E-state index contributed by atoms with van der Waals surface area (Å²) in [5.41, 5.74) is 9.93. The monoisotopic (exact) mass is 253 g/mol. The van der Waals surface area contributed by atoms with Crippen LogP contribution in [0.4, 0.5) is 0 Å². The molecule has 1 heterocycles. The Morgan fingerprint density at radius 1 is 1.47 bits per heavy atom. The number of hydrogen-bond acceptors (Lipinski definition) is 1. The first-order valence-corrected chi connectivity index (χ1v) is 6.79. The van der Waals surface area contributed by atoms with E-state index in [1.54, 1.807) is 0 Å². The fraction of sp³-hybridized carbons (Fsp3) is 0.312. The van der Waals surface area contributed by atoms with Crippen molar-refractivity contribution in [2.45, 2.75) is 32.2 Å². The third kappa shape index (κ3) is 1.95. The lowest BCUT2D eigenvalue weighted by atomic mass is 9.99. The van der Waals surface area contributed by atoms with Crippen LogP contribution < -0.4 is 5.73 Å². The molecule has 1 saturated carbocycles. The highest BCUT2D eigenvalue weighted by molar-refractivity contribution is 6.08. The van der Waals surface area contributed by atoms with Crippen molar-refractivity contribution >= 4 is 22.3 Å². The second-order valence-electron chi connectivity index (χ2n) is 5.28. The Bertz CT molecular complexity index is 675. The molecule has 1 fully saturated rings. The van der Waals surface area contributed by atoms with E-state index in [0.717, 1.165) is 28.5 Å². The minimum Gasteiger partial charge on any atom is -0.384 e. The van der Waals surface area contributed by atoms with Gasteiger partial charge in [0.2, 0.25) is 0 Å². The van der Waals surface area contributed by atoms with Gasteiger partial charge in [0, 0.05) is 28.7 Å². The van der Waals surface area contributed by atoms with Gasteiger partial charge >= 0.3 is 0 Å². The molecule has 0 unspecified atom stereocenters. The van der Waals surface area contributed by atoms with Gasteiger partial charge in [-0.25, -0.2) is 0 Å². The van der Waals surface area contributed by atoms with Gasteiger partial charge in [-0.15, -0.1) is 0 Å². The summed E-state index contributed by atoms with van der Waals surface area (Å²) in [6, 6.07) is 6.88. The maximum Gasteiger partial charge on any atom is 0.123 e. The Labute approximate surface area is 113 Å². The van der Waals surface area contributed by atoms with Gasteiger partial charge in [0.25, 0.3) is 0 Å². The molecule has 0 bridgehead atoms. The zero-order valence-corrected chi connectivity index (χ0v) is 11.2. The number of allylic oxidation sites excluding steroid dienone is 1. The maximum atomic E-state index is 7.78. The number of nitrogen functional groups attached to an aromatic ring is 1. The molecule has 3 heteroatoms. The number of nitrogens with zero attached hydrogens (tertiary/aromatic N) is 1. The first-order valence-electron chi connectivity index (χ1n) is 6.79. The lowest BCUT2D eigenvalue weighted by Gasteiger charge is -2.10. The Morgan fingerprint density at radius 3 is 2.79 bits per heavy atom. The summed E-state index contributed by atoms with van der Waals surface area (Å²) in [4.78, 5) is 0. The molecule has 0 saturated heterocycles. The van der Waals surface area contributed by atoms with E-state index in [2.05, 4.69) is 36.4 Å². The smallest absolute Gasteiger partial charge is 0.123 e. The highest BCUT2D eigenvalue weighted by atomic mass is 15.0. The second-order valence-corrected chi connectivity index (χ2v) is 5.28. The van der Waals surface area contributed by atoms with Crippen molar-refractivity contribution in [2.75, 3.05) is 0 Å². The van der Waals surface area contributed by atoms with Crippen molar-refractivity contribution in [1.29, 1.82) is 5.41 Å². The molecule has 1 aliphatic rings. The number of hydrogen-bond donors (Lipinski definition) is 2. The van der Waals surface area contributed by atoms with Crippen molar-refractivity contribution in [3.8, 4) is 0 Å². The summed E-state index contributed by atoms with van der Waals surface area (Å²) in [5, 5.41) is 8.86. The summed E-state index contributed by atoms with van der Waals surface area (Å²) in [6.07, 6.45) is 5.52. The summed E-state index contributed by atoms with van der Waals surface area (Å²) < 4.78 is 2.31. The normalized spacial score (nSPS) is 14.8. The van der Waals surface area contributed by atoms with E-state index < -0.39 is 0 Å². The fourth-order valence-corrected chi connectivity index (χ4v) is 2.56. The molecular weight excluding hydrogens is 234 g/mol. The van der Waals surface area contributed by atoms with Gasteiger partial charge in [0.1, 0.15) is 5.84 Å². The average Bonchev–Trinajstić information content (AvgIpc) is 3.16. The third-order valence-corrected chi connectivity index (χ3v) is 3.90. The van der Waals surface area contributed by atoms with Crippen LogP contribution in [0.3, 0.4) is 0 Å². The number of fused-ring (bicyclic) bond motifs is 1. The quantitative estimate of drug-likeness (QED) is 0.633. The van der Waals surface area contributed by atoms with Crippen LogP contribution in [0.2, 0.25) is 0 Å². The Hall–Kier alpha value is -2.03. The van der Waals surface area contributed by atoms with Gasteiger partial charge in [-0.1, -0.05) is 13.5 Å². The zero-order chi connectivity index (χ0) is 13.6. The predicted molar refractivity (Wildman–Crippen MR) is 80.6 cm³/mol. The van der Waals surface area contributed by atoms with Crippen molar-refractivity contribution in [3.63, 3.8) is 0 Å². The topological polar surface area (TPSA) is 54.8 Å².